The van der Waals surface area contributed by atoms with Crippen LogP contribution in [0.2, 0.25) is 0 Å². The zero-order valence-electron chi connectivity index (χ0n) is 14.8. The number of aromatic hydroxyl groups is 1. The van der Waals surface area contributed by atoms with Gasteiger partial charge in [-0.25, -0.2) is 9.97 Å². The quantitative estimate of drug-likeness (QED) is 0.552. The SMILES string of the molecule is Cc1cc(Nc2ncnc3ccc(O)cc23)ccc1OCc1ccccn1. The second-order valence-corrected chi connectivity index (χ2v) is 6.14. The molecule has 4 aromatic rings. The van der Waals surface area contributed by atoms with E-state index in [-0.39, 0.29) is 5.75 Å². The summed E-state index contributed by atoms with van der Waals surface area (Å²) < 4.78 is 5.87. The lowest BCUT2D eigenvalue weighted by molar-refractivity contribution is 0.299. The first-order chi connectivity index (χ1) is 13.2. The summed E-state index contributed by atoms with van der Waals surface area (Å²) in [6.07, 6.45) is 3.25. The van der Waals surface area contributed by atoms with Crippen LogP contribution in [0.4, 0.5) is 11.5 Å². The Balaban J connectivity index is 1.54. The number of nitrogens with zero attached hydrogens (tertiary/aromatic N) is 3. The molecular formula is C21H18N4O2. The average molecular weight is 358 g/mol. The first kappa shape index (κ1) is 16.8. The first-order valence-electron chi connectivity index (χ1n) is 8.53. The number of hydrogen-bond acceptors (Lipinski definition) is 6. The molecule has 0 spiro atoms. The van der Waals surface area contributed by atoms with Crippen molar-refractivity contribution in [1.29, 1.82) is 0 Å². The molecule has 2 aromatic carbocycles. The van der Waals surface area contributed by atoms with Gasteiger partial charge >= 0.3 is 0 Å². The number of pyridine rings is 1. The van der Waals surface area contributed by atoms with Gasteiger partial charge in [0, 0.05) is 17.3 Å². The molecule has 0 amide bonds. The molecule has 0 unspecified atom stereocenters. The number of rotatable bonds is 5. The molecule has 27 heavy (non-hydrogen) atoms. The van der Waals surface area contributed by atoms with Crippen molar-refractivity contribution in [3.8, 4) is 11.5 Å². The van der Waals surface area contributed by atoms with Crippen molar-refractivity contribution < 1.29 is 9.84 Å². The fraction of sp³-hybridized carbons (Fsp3) is 0.0952. The molecule has 0 aliphatic heterocycles. The summed E-state index contributed by atoms with van der Waals surface area (Å²) in [5, 5.41) is 13.8. The average Bonchev–Trinajstić information content (AvgIpc) is 2.69. The van der Waals surface area contributed by atoms with Crippen LogP contribution in [0.25, 0.3) is 10.9 Å². The van der Waals surface area contributed by atoms with E-state index >= 15 is 0 Å². The molecule has 0 saturated heterocycles. The van der Waals surface area contributed by atoms with E-state index < -0.39 is 0 Å². The summed E-state index contributed by atoms with van der Waals surface area (Å²) in [5.41, 5.74) is 3.52. The molecule has 0 radical (unpaired) electrons. The van der Waals surface area contributed by atoms with Crippen LogP contribution in [-0.4, -0.2) is 20.1 Å². The predicted octanol–water partition coefficient (Wildman–Crippen LogP) is 4.36. The molecule has 0 atom stereocenters. The summed E-state index contributed by atoms with van der Waals surface area (Å²) in [6, 6.07) is 16.6. The maximum absolute atomic E-state index is 9.75. The molecule has 2 aromatic heterocycles. The van der Waals surface area contributed by atoms with E-state index in [4.69, 9.17) is 4.74 Å². The van der Waals surface area contributed by atoms with Gasteiger partial charge in [-0.05, 0) is 61.0 Å². The van der Waals surface area contributed by atoms with Crippen LogP contribution in [0.15, 0.2) is 67.1 Å². The van der Waals surface area contributed by atoms with Crippen molar-refractivity contribution in [2.75, 3.05) is 5.32 Å². The van der Waals surface area contributed by atoms with Gasteiger partial charge in [-0.15, -0.1) is 0 Å². The molecule has 0 aliphatic rings. The summed E-state index contributed by atoms with van der Waals surface area (Å²) in [7, 11) is 0. The monoisotopic (exact) mass is 358 g/mol. The van der Waals surface area contributed by atoms with E-state index in [1.807, 2.05) is 43.3 Å². The summed E-state index contributed by atoms with van der Waals surface area (Å²) in [4.78, 5) is 12.8. The third kappa shape index (κ3) is 3.79. The van der Waals surface area contributed by atoms with Crippen LogP contribution in [0.5, 0.6) is 11.5 Å². The Morgan fingerprint density at radius 3 is 2.74 bits per heavy atom. The number of anilines is 2. The highest BCUT2D eigenvalue weighted by molar-refractivity contribution is 5.91. The molecule has 0 bridgehead atoms. The maximum atomic E-state index is 9.75. The lowest BCUT2D eigenvalue weighted by Gasteiger charge is -2.12. The minimum atomic E-state index is 0.176. The van der Waals surface area contributed by atoms with Gasteiger partial charge < -0.3 is 15.2 Å². The molecule has 2 heterocycles. The van der Waals surface area contributed by atoms with Crippen molar-refractivity contribution >= 4 is 22.4 Å². The Labute approximate surface area is 156 Å². The molecule has 4 rings (SSSR count). The number of fused-ring (bicyclic) bond motifs is 1. The van der Waals surface area contributed by atoms with Crippen molar-refractivity contribution in [3.63, 3.8) is 0 Å². The number of ether oxygens (including phenoxy) is 1. The van der Waals surface area contributed by atoms with E-state index in [2.05, 4.69) is 20.3 Å². The van der Waals surface area contributed by atoms with Crippen molar-refractivity contribution in [1.82, 2.24) is 15.0 Å². The standard InChI is InChI=1S/C21H18N4O2/c1-14-10-15(5-8-20(14)27-12-16-4-2-3-9-22-16)25-21-18-11-17(26)6-7-19(18)23-13-24-21/h2-11,13,26H,12H2,1H3,(H,23,24,25). The second kappa shape index (κ2) is 7.29. The molecule has 6 heteroatoms. The van der Waals surface area contributed by atoms with Crippen LogP contribution in [0.3, 0.4) is 0 Å². The Morgan fingerprint density at radius 1 is 1.00 bits per heavy atom. The minimum absolute atomic E-state index is 0.176. The van der Waals surface area contributed by atoms with Crippen molar-refractivity contribution in [3.05, 3.63) is 78.4 Å². The molecule has 0 saturated carbocycles. The Bertz CT molecular complexity index is 1080. The highest BCUT2D eigenvalue weighted by atomic mass is 16.5. The summed E-state index contributed by atoms with van der Waals surface area (Å²) in [5.74, 6) is 1.61. The molecule has 2 N–H and O–H groups in total. The number of aryl methyl sites for hydroxylation is 1. The number of phenols is 1. The van der Waals surface area contributed by atoms with Crippen molar-refractivity contribution in [2.24, 2.45) is 0 Å². The van der Waals surface area contributed by atoms with Gasteiger partial charge in [-0.2, -0.15) is 0 Å². The van der Waals surface area contributed by atoms with Gasteiger partial charge in [0.15, 0.2) is 0 Å². The first-order valence-corrected chi connectivity index (χ1v) is 8.53. The largest absolute Gasteiger partial charge is 0.508 e. The van der Waals surface area contributed by atoms with E-state index in [1.165, 1.54) is 6.33 Å². The maximum Gasteiger partial charge on any atom is 0.141 e. The van der Waals surface area contributed by atoms with E-state index in [0.717, 1.165) is 33.6 Å². The Hall–Kier alpha value is -3.67. The third-order valence-corrected chi connectivity index (χ3v) is 4.16. The van der Waals surface area contributed by atoms with Gasteiger partial charge in [0.05, 0.1) is 11.2 Å². The van der Waals surface area contributed by atoms with Gasteiger partial charge in [0.2, 0.25) is 0 Å². The zero-order chi connectivity index (χ0) is 18.6. The molecule has 6 nitrogen and oxygen atoms in total. The highest BCUT2D eigenvalue weighted by Crippen LogP contribution is 2.28. The number of aromatic nitrogens is 3. The second-order valence-electron chi connectivity index (χ2n) is 6.14. The normalized spacial score (nSPS) is 10.7. The molecular weight excluding hydrogens is 340 g/mol. The lowest BCUT2D eigenvalue weighted by Crippen LogP contribution is -2.00. The van der Waals surface area contributed by atoms with Crippen LogP contribution in [0.1, 0.15) is 11.3 Å². The highest BCUT2D eigenvalue weighted by Gasteiger charge is 2.07. The fourth-order valence-electron chi connectivity index (χ4n) is 2.81. The predicted molar refractivity (Wildman–Crippen MR) is 104 cm³/mol. The topological polar surface area (TPSA) is 80.2 Å². The number of phenolic OH excluding ortho intramolecular Hbond substituents is 1. The fourth-order valence-corrected chi connectivity index (χ4v) is 2.81. The van der Waals surface area contributed by atoms with Crippen LogP contribution >= 0.6 is 0 Å². The summed E-state index contributed by atoms with van der Waals surface area (Å²) >= 11 is 0. The zero-order valence-corrected chi connectivity index (χ0v) is 14.8. The number of nitrogens with one attached hydrogen (secondary N) is 1. The number of benzene rings is 2. The smallest absolute Gasteiger partial charge is 0.141 e. The number of hydrogen-bond donors (Lipinski definition) is 2. The third-order valence-electron chi connectivity index (χ3n) is 4.16. The van der Waals surface area contributed by atoms with Gasteiger partial charge in [0.1, 0.15) is 30.3 Å². The minimum Gasteiger partial charge on any atom is -0.508 e. The van der Waals surface area contributed by atoms with Gasteiger partial charge in [-0.1, -0.05) is 6.07 Å². The van der Waals surface area contributed by atoms with E-state index in [1.54, 1.807) is 24.4 Å². The Morgan fingerprint density at radius 2 is 1.93 bits per heavy atom. The van der Waals surface area contributed by atoms with Gasteiger partial charge in [0.25, 0.3) is 0 Å². The molecule has 0 aliphatic carbocycles. The summed E-state index contributed by atoms with van der Waals surface area (Å²) in [6.45, 7) is 2.41. The molecule has 0 fully saturated rings. The van der Waals surface area contributed by atoms with Gasteiger partial charge in [-0.3, -0.25) is 4.98 Å². The van der Waals surface area contributed by atoms with Crippen LogP contribution in [-0.2, 0) is 6.61 Å². The molecule has 134 valence electrons. The van der Waals surface area contributed by atoms with E-state index in [0.29, 0.717) is 12.4 Å². The Kier molecular flexibility index (Phi) is 4.53. The van der Waals surface area contributed by atoms with Crippen LogP contribution in [0, 0.1) is 6.92 Å². The van der Waals surface area contributed by atoms with Crippen molar-refractivity contribution in [2.45, 2.75) is 13.5 Å². The van der Waals surface area contributed by atoms with Crippen LogP contribution < -0.4 is 10.1 Å². The lowest BCUT2D eigenvalue weighted by atomic mass is 10.2. The van der Waals surface area contributed by atoms with E-state index in [9.17, 15) is 5.11 Å².